The molecule has 7 heteroatoms. The van der Waals surface area contributed by atoms with Crippen LogP contribution in [0.25, 0.3) is 0 Å². The summed E-state index contributed by atoms with van der Waals surface area (Å²) in [6.45, 7) is 3.46. The minimum Gasteiger partial charge on any atom is -0.368 e. The summed E-state index contributed by atoms with van der Waals surface area (Å²) in [7, 11) is 0. The molecular weight excluding hydrogens is 186 g/mol. The molecule has 0 aromatic heterocycles. The van der Waals surface area contributed by atoms with E-state index in [1.807, 2.05) is 0 Å². The van der Waals surface area contributed by atoms with Crippen LogP contribution in [0.3, 0.4) is 0 Å². The Balaban J connectivity index is 3.03. The van der Waals surface area contributed by atoms with Crippen molar-refractivity contribution >= 4 is 23.7 Å². The fraction of sp³-hybridized carbons (Fsp3) is 0.429. The number of carbonyl (C=O) groups excluding carboxylic acids is 2. The van der Waals surface area contributed by atoms with Crippen LogP contribution in [0.1, 0.15) is 13.8 Å². The molecule has 0 saturated carbocycles. The van der Waals surface area contributed by atoms with Crippen molar-refractivity contribution in [1.82, 2.24) is 10.2 Å². The van der Waals surface area contributed by atoms with Crippen LogP contribution in [0, 0.1) is 5.41 Å². The van der Waals surface area contributed by atoms with E-state index >= 15 is 0 Å². The average Bonchev–Trinajstić information content (AvgIpc) is 2.26. The number of nitrogens with two attached hydrogens (primary N) is 1. The van der Waals surface area contributed by atoms with E-state index in [-0.39, 0.29) is 12.0 Å². The summed E-state index contributed by atoms with van der Waals surface area (Å²) >= 11 is 0. The van der Waals surface area contributed by atoms with E-state index in [1.165, 1.54) is 0 Å². The van der Waals surface area contributed by atoms with E-state index in [1.54, 1.807) is 13.8 Å². The minimum atomic E-state index is -0.751. The van der Waals surface area contributed by atoms with Gasteiger partial charge in [-0.15, -0.1) is 0 Å². The first-order valence-electron chi connectivity index (χ1n) is 4.00. The van der Waals surface area contributed by atoms with Gasteiger partial charge in [0.25, 0.3) is 0 Å². The van der Waals surface area contributed by atoms with Crippen LogP contribution in [-0.4, -0.2) is 34.7 Å². The first kappa shape index (κ1) is 10.2. The lowest BCUT2D eigenvalue weighted by atomic mass is 10.3. The summed E-state index contributed by atoms with van der Waals surface area (Å²) < 4.78 is 0. The molecule has 1 aliphatic heterocycles. The topological polar surface area (TPSA) is 112 Å². The summed E-state index contributed by atoms with van der Waals surface area (Å²) in [5.74, 6) is -1.87. The second kappa shape index (κ2) is 3.44. The van der Waals surface area contributed by atoms with Crippen molar-refractivity contribution in [3.63, 3.8) is 0 Å². The molecule has 1 rings (SSSR count). The number of carbonyl (C=O) groups is 2. The number of amides is 2. The largest absolute Gasteiger partial charge is 0.368 e. The smallest absolute Gasteiger partial charge is 0.319 e. The molecule has 2 amide bonds. The summed E-state index contributed by atoms with van der Waals surface area (Å²) in [5.41, 5.74) is 5.03. The zero-order chi connectivity index (χ0) is 10.9. The monoisotopic (exact) mass is 197 g/mol. The maximum atomic E-state index is 11.3. The quantitative estimate of drug-likeness (QED) is 0.273. The Kier molecular flexibility index (Phi) is 2.50. The predicted octanol–water partition coefficient (Wildman–Crippen LogP) is -1.40. The fourth-order valence-electron chi connectivity index (χ4n) is 1.10. The number of nitrogens with zero attached hydrogens (tertiary/aromatic N) is 2. The molecule has 7 nitrogen and oxygen atoms in total. The molecule has 76 valence electrons. The Bertz CT molecular complexity index is 333. The highest BCUT2D eigenvalue weighted by atomic mass is 16.2. The van der Waals surface area contributed by atoms with Gasteiger partial charge in [0, 0.05) is 6.04 Å². The highest BCUT2D eigenvalue weighted by molar-refractivity contribution is 6.45. The zero-order valence-electron chi connectivity index (χ0n) is 7.87. The third kappa shape index (κ3) is 1.70. The van der Waals surface area contributed by atoms with Crippen molar-refractivity contribution in [3.8, 4) is 0 Å². The van der Waals surface area contributed by atoms with Gasteiger partial charge in [0.1, 0.15) is 0 Å². The van der Waals surface area contributed by atoms with Crippen molar-refractivity contribution in [2.24, 2.45) is 10.7 Å². The van der Waals surface area contributed by atoms with E-state index in [4.69, 9.17) is 11.1 Å². The molecule has 0 spiro atoms. The molecule has 0 bridgehead atoms. The molecule has 1 aliphatic rings. The lowest BCUT2D eigenvalue weighted by Crippen LogP contribution is -2.39. The van der Waals surface area contributed by atoms with Gasteiger partial charge < -0.3 is 5.73 Å². The number of nitrogens with one attached hydrogen (secondary N) is 2. The standard InChI is InChI=1S/C7H11N5O2/c1-3(2)12-5(14)4(13)10-7(12)11-6(8)9/h3H,1-2H3,(H4,8,9,10,11,13). The molecule has 0 aromatic rings. The number of hydrogen-bond acceptors (Lipinski definition) is 3. The summed E-state index contributed by atoms with van der Waals surface area (Å²) in [6.07, 6.45) is 0. The first-order chi connectivity index (χ1) is 6.43. The highest BCUT2D eigenvalue weighted by Crippen LogP contribution is 2.05. The van der Waals surface area contributed by atoms with E-state index in [0.717, 1.165) is 4.90 Å². The van der Waals surface area contributed by atoms with E-state index in [9.17, 15) is 9.59 Å². The Morgan fingerprint density at radius 2 is 2.14 bits per heavy atom. The molecule has 1 heterocycles. The average molecular weight is 197 g/mol. The maximum Gasteiger partial charge on any atom is 0.319 e. The molecule has 1 saturated heterocycles. The second-order valence-electron chi connectivity index (χ2n) is 3.04. The molecule has 0 radical (unpaired) electrons. The third-order valence-corrected chi connectivity index (χ3v) is 1.61. The Hall–Kier alpha value is -1.92. The van der Waals surface area contributed by atoms with Gasteiger partial charge in [0.2, 0.25) is 11.9 Å². The Morgan fingerprint density at radius 1 is 1.57 bits per heavy atom. The van der Waals surface area contributed by atoms with Crippen LogP contribution in [-0.2, 0) is 9.59 Å². The highest BCUT2D eigenvalue weighted by Gasteiger charge is 2.36. The SMILES string of the molecule is CC(C)N1C(=O)C(=O)NC1=NC(=N)N. The fourth-order valence-corrected chi connectivity index (χ4v) is 1.10. The number of hydrogen-bond donors (Lipinski definition) is 3. The lowest BCUT2D eigenvalue weighted by molar-refractivity contribution is -0.140. The van der Waals surface area contributed by atoms with Gasteiger partial charge in [0.15, 0.2) is 0 Å². The Morgan fingerprint density at radius 3 is 2.57 bits per heavy atom. The molecule has 4 N–H and O–H groups in total. The first-order valence-corrected chi connectivity index (χ1v) is 4.00. The number of rotatable bonds is 1. The molecule has 1 fully saturated rings. The lowest BCUT2D eigenvalue weighted by Gasteiger charge is -2.18. The van der Waals surface area contributed by atoms with E-state index in [2.05, 4.69) is 10.3 Å². The number of guanidine groups is 2. The Labute approximate surface area is 80.5 Å². The van der Waals surface area contributed by atoms with Gasteiger partial charge in [-0.2, -0.15) is 4.99 Å². The van der Waals surface area contributed by atoms with Crippen molar-refractivity contribution in [1.29, 1.82) is 5.41 Å². The van der Waals surface area contributed by atoms with Gasteiger partial charge >= 0.3 is 11.8 Å². The summed E-state index contributed by atoms with van der Waals surface area (Å²) in [6, 6.07) is -0.209. The third-order valence-electron chi connectivity index (χ3n) is 1.61. The van der Waals surface area contributed by atoms with Crippen LogP contribution in [0.2, 0.25) is 0 Å². The molecule has 0 atom stereocenters. The normalized spacial score (nSPS) is 19.4. The van der Waals surface area contributed by atoms with Crippen LogP contribution in [0.5, 0.6) is 0 Å². The van der Waals surface area contributed by atoms with Crippen molar-refractivity contribution in [2.45, 2.75) is 19.9 Å². The van der Waals surface area contributed by atoms with Crippen molar-refractivity contribution in [3.05, 3.63) is 0 Å². The molecule has 14 heavy (non-hydrogen) atoms. The zero-order valence-corrected chi connectivity index (χ0v) is 7.87. The van der Waals surface area contributed by atoms with E-state index in [0.29, 0.717) is 0 Å². The van der Waals surface area contributed by atoms with Gasteiger partial charge in [-0.25, -0.2) is 0 Å². The predicted molar refractivity (Wildman–Crippen MR) is 49.5 cm³/mol. The summed E-state index contributed by atoms with van der Waals surface area (Å²) in [4.78, 5) is 26.9. The van der Waals surface area contributed by atoms with Gasteiger partial charge in [-0.1, -0.05) is 0 Å². The van der Waals surface area contributed by atoms with Crippen LogP contribution >= 0.6 is 0 Å². The van der Waals surface area contributed by atoms with Crippen molar-refractivity contribution in [2.75, 3.05) is 0 Å². The number of aliphatic imine (C=N–C) groups is 1. The minimum absolute atomic E-state index is 0.0162. The van der Waals surface area contributed by atoms with Gasteiger partial charge in [0.05, 0.1) is 0 Å². The summed E-state index contributed by atoms with van der Waals surface area (Å²) in [5, 5.41) is 9.16. The van der Waals surface area contributed by atoms with Gasteiger partial charge in [-0.05, 0) is 13.8 Å². The van der Waals surface area contributed by atoms with Gasteiger partial charge in [-0.3, -0.25) is 25.2 Å². The molecule has 0 aliphatic carbocycles. The van der Waals surface area contributed by atoms with Crippen LogP contribution < -0.4 is 11.1 Å². The van der Waals surface area contributed by atoms with Crippen molar-refractivity contribution < 1.29 is 9.59 Å². The van der Waals surface area contributed by atoms with Crippen LogP contribution in [0.15, 0.2) is 4.99 Å². The molecule has 0 unspecified atom stereocenters. The van der Waals surface area contributed by atoms with E-state index < -0.39 is 17.8 Å². The molecular formula is C7H11N5O2. The maximum absolute atomic E-state index is 11.3. The molecule has 0 aromatic carbocycles. The van der Waals surface area contributed by atoms with Crippen LogP contribution in [0.4, 0.5) is 0 Å². The second-order valence-corrected chi connectivity index (χ2v) is 3.04.